The number of anilines is 1. The minimum absolute atomic E-state index is 0.0771. The maximum atomic E-state index is 13.6. The Morgan fingerprint density at radius 3 is 2.62 bits per heavy atom. The Hall–Kier alpha value is -2.31. The highest BCUT2D eigenvalue weighted by Gasteiger charge is 2.20. The van der Waals surface area contributed by atoms with Crippen LogP contribution in [0.25, 0.3) is 0 Å². The van der Waals surface area contributed by atoms with E-state index in [-0.39, 0.29) is 22.2 Å². The van der Waals surface area contributed by atoms with Gasteiger partial charge >= 0.3 is 5.97 Å². The topological polar surface area (TPSA) is 64.6 Å². The Labute approximate surface area is 160 Å². The van der Waals surface area contributed by atoms with Gasteiger partial charge in [-0.1, -0.05) is 35.3 Å². The lowest BCUT2D eigenvalue weighted by atomic mass is 10.1. The monoisotopic (exact) mass is 399 g/mol. The first-order valence-electron chi connectivity index (χ1n) is 7.58. The fraction of sp³-hybridized carbons (Fsp3) is 0.222. The van der Waals surface area contributed by atoms with Gasteiger partial charge in [-0.15, -0.1) is 0 Å². The Kier molecular flexibility index (Phi) is 6.83. The molecule has 0 aliphatic heterocycles. The van der Waals surface area contributed by atoms with E-state index in [0.29, 0.717) is 11.3 Å². The quantitative estimate of drug-likeness (QED) is 0.737. The van der Waals surface area contributed by atoms with Gasteiger partial charge in [-0.25, -0.2) is 4.39 Å². The lowest BCUT2D eigenvalue weighted by Gasteiger charge is -2.14. The molecule has 5 nitrogen and oxygen atoms in total. The summed E-state index contributed by atoms with van der Waals surface area (Å²) < 4.78 is 23.5. The average molecular weight is 400 g/mol. The molecule has 138 valence electrons. The van der Waals surface area contributed by atoms with Crippen molar-refractivity contribution in [3.63, 3.8) is 0 Å². The van der Waals surface area contributed by atoms with Crippen LogP contribution in [0.4, 0.5) is 10.1 Å². The van der Waals surface area contributed by atoms with Gasteiger partial charge in [0.1, 0.15) is 0 Å². The smallest absolute Gasteiger partial charge is 0.311 e. The molecule has 0 saturated heterocycles. The summed E-state index contributed by atoms with van der Waals surface area (Å²) in [5, 5.41) is 3.01. The van der Waals surface area contributed by atoms with Crippen molar-refractivity contribution in [2.24, 2.45) is 0 Å². The number of halogens is 3. The number of carbonyl (C=O) groups excluding carboxylic acids is 2. The fourth-order valence-corrected chi connectivity index (χ4v) is 2.46. The Balaban J connectivity index is 1.94. The summed E-state index contributed by atoms with van der Waals surface area (Å²) in [6, 6.07) is 8.90. The van der Waals surface area contributed by atoms with Crippen molar-refractivity contribution in [1.82, 2.24) is 0 Å². The highest BCUT2D eigenvalue weighted by atomic mass is 35.5. The molecule has 0 aliphatic carbocycles. The van der Waals surface area contributed by atoms with Crippen LogP contribution in [0.3, 0.4) is 0 Å². The summed E-state index contributed by atoms with van der Waals surface area (Å²) in [5.74, 6) is -1.75. The molecular formula is C18H16Cl2FNO4. The molecule has 8 heteroatoms. The van der Waals surface area contributed by atoms with Gasteiger partial charge in [0, 0.05) is 0 Å². The van der Waals surface area contributed by atoms with Crippen molar-refractivity contribution in [2.75, 3.05) is 12.4 Å². The van der Waals surface area contributed by atoms with Crippen LogP contribution in [0.5, 0.6) is 5.75 Å². The molecule has 0 aromatic heterocycles. The second-order valence-corrected chi connectivity index (χ2v) is 6.15. The fourth-order valence-electron chi connectivity index (χ4n) is 2.11. The first-order valence-corrected chi connectivity index (χ1v) is 8.34. The molecule has 0 aliphatic rings. The maximum Gasteiger partial charge on any atom is 0.311 e. The number of nitrogens with one attached hydrogen (secondary N) is 1. The SMILES string of the molecule is COc1ccc(CC(=O)OC(C)C(=O)Nc2cccc(Cl)c2Cl)cc1F. The molecule has 0 fully saturated rings. The van der Waals surface area contributed by atoms with Crippen LogP contribution < -0.4 is 10.1 Å². The highest BCUT2D eigenvalue weighted by molar-refractivity contribution is 6.44. The number of carbonyl (C=O) groups is 2. The van der Waals surface area contributed by atoms with Crippen LogP contribution in [0, 0.1) is 5.82 Å². The number of hydrogen-bond acceptors (Lipinski definition) is 4. The maximum absolute atomic E-state index is 13.6. The van der Waals surface area contributed by atoms with Gasteiger partial charge in [-0.3, -0.25) is 9.59 Å². The van der Waals surface area contributed by atoms with Gasteiger partial charge in [0.05, 0.1) is 29.3 Å². The predicted octanol–water partition coefficient (Wildman–Crippen LogP) is 4.25. The summed E-state index contributed by atoms with van der Waals surface area (Å²) in [5.41, 5.74) is 0.711. The van der Waals surface area contributed by atoms with Crippen molar-refractivity contribution in [1.29, 1.82) is 0 Å². The number of ether oxygens (including phenoxy) is 2. The van der Waals surface area contributed by atoms with Crippen LogP contribution >= 0.6 is 23.2 Å². The lowest BCUT2D eigenvalue weighted by molar-refractivity contribution is -0.152. The molecule has 1 N–H and O–H groups in total. The van der Waals surface area contributed by atoms with Gasteiger partial charge in [0.2, 0.25) is 0 Å². The van der Waals surface area contributed by atoms with E-state index >= 15 is 0 Å². The highest BCUT2D eigenvalue weighted by Crippen LogP contribution is 2.29. The molecule has 2 rings (SSSR count). The van der Waals surface area contributed by atoms with Gasteiger partial charge < -0.3 is 14.8 Å². The van der Waals surface area contributed by atoms with Crippen LogP contribution in [-0.4, -0.2) is 25.1 Å². The van der Waals surface area contributed by atoms with E-state index in [1.165, 1.54) is 26.2 Å². The van der Waals surface area contributed by atoms with Gasteiger partial charge in [-0.05, 0) is 36.8 Å². The number of benzene rings is 2. The first kappa shape index (κ1) is 20.0. The minimum Gasteiger partial charge on any atom is -0.494 e. The largest absolute Gasteiger partial charge is 0.494 e. The molecule has 0 bridgehead atoms. The number of methoxy groups -OCH3 is 1. The zero-order valence-corrected chi connectivity index (χ0v) is 15.5. The normalized spacial score (nSPS) is 11.6. The Bertz CT molecular complexity index is 829. The predicted molar refractivity (Wildman–Crippen MR) is 97.3 cm³/mol. The standard InChI is InChI=1S/C18H16Cl2FNO4/c1-10(18(24)22-14-5-3-4-12(19)17(14)20)26-16(23)9-11-6-7-15(25-2)13(21)8-11/h3-8,10H,9H2,1-2H3,(H,22,24). The van der Waals surface area contributed by atoms with Gasteiger partial charge in [0.15, 0.2) is 17.7 Å². The molecule has 26 heavy (non-hydrogen) atoms. The summed E-state index contributed by atoms with van der Waals surface area (Å²) >= 11 is 11.9. The molecule has 0 heterocycles. The number of hydrogen-bond donors (Lipinski definition) is 1. The van der Waals surface area contributed by atoms with Crippen LogP contribution in [0.1, 0.15) is 12.5 Å². The van der Waals surface area contributed by atoms with Gasteiger partial charge in [0.25, 0.3) is 5.91 Å². The summed E-state index contributed by atoms with van der Waals surface area (Å²) in [7, 11) is 1.35. The molecule has 0 saturated carbocycles. The molecule has 1 unspecified atom stereocenters. The van der Waals surface area contributed by atoms with Crippen LogP contribution in [0.15, 0.2) is 36.4 Å². The second-order valence-electron chi connectivity index (χ2n) is 5.37. The van der Waals surface area contributed by atoms with E-state index in [4.69, 9.17) is 32.7 Å². The average Bonchev–Trinajstić information content (AvgIpc) is 2.59. The van der Waals surface area contributed by atoms with Crippen LogP contribution in [-0.2, 0) is 20.7 Å². The number of amides is 1. The molecule has 1 amide bonds. The van der Waals surface area contributed by atoms with Gasteiger partial charge in [-0.2, -0.15) is 0 Å². The summed E-state index contributed by atoms with van der Waals surface area (Å²) in [4.78, 5) is 24.1. The molecule has 0 spiro atoms. The zero-order valence-electron chi connectivity index (χ0n) is 14.0. The Morgan fingerprint density at radius 1 is 1.23 bits per heavy atom. The molecule has 0 radical (unpaired) electrons. The third kappa shape index (κ3) is 5.09. The zero-order chi connectivity index (χ0) is 19.3. The first-order chi connectivity index (χ1) is 12.3. The van der Waals surface area contributed by atoms with E-state index in [9.17, 15) is 14.0 Å². The van der Waals surface area contributed by atoms with Crippen molar-refractivity contribution >= 4 is 40.8 Å². The second kappa shape index (κ2) is 8.87. The van der Waals surface area contributed by atoms with Crippen molar-refractivity contribution in [3.8, 4) is 5.75 Å². The third-order valence-electron chi connectivity index (χ3n) is 3.45. The molecule has 1 atom stereocenters. The molecular weight excluding hydrogens is 384 g/mol. The lowest BCUT2D eigenvalue weighted by Crippen LogP contribution is -2.30. The summed E-state index contributed by atoms with van der Waals surface area (Å²) in [6.45, 7) is 1.42. The van der Waals surface area contributed by atoms with E-state index < -0.39 is 23.8 Å². The molecule has 2 aromatic carbocycles. The third-order valence-corrected chi connectivity index (χ3v) is 4.27. The van der Waals surface area contributed by atoms with E-state index in [1.54, 1.807) is 24.3 Å². The molecule has 2 aromatic rings. The van der Waals surface area contributed by atoms with E-state index in [1.807, 2.05) is 0 Å². The Morgan fingerprint density at radius 2 is 1.96 bits per heavy atom. The van der Waals surface area contributed by atoms with E-state index in [0.717, 1.165) is 0 Å². The van der Waals surface area contributed by atoms with E-state index in [2.05, 4.69) is 5.32 Å². The number of rotatable bonds is 6. The minimum atomic E-state index is -1.07. The van der Waals surface area contributed by atoms with Crippen molar-refractivity contribution < 1.29 is 23.5 Å². The van der Waals surface area contributed by atoms with Crippen LogP contribution in [0.2, 0.25) is 10.0 Å². The summed E-state index contributed by atoms with van der Waals surface area (Å²) in [6.07, 6.45) is -1.25. The van der Waals surface area contributed by atoms with Crippen molar-refractivity contribution in [3.05, 3.63) is 57.8 Å². The number of esters is 1. The van der Waals surface area contributed by atoms with Crippen molar-refractivity contribution in [2.45, 2.75) is 19.4 Å².